The van der Waals surface area contributed by atoms with E-state index in [1.807, 2.05) is 0 Å². The maximum absolute atomic E-state index is 5.69. The van der Waals surface area contributed by atoms with Gasteiger partial charge in [0.05, 0.1) is 0 Å². The van der Waals surface area contributed by atoms with Crippen molar-refractivity contribution in [2.45, 2.75) is 20.8 Å². The Kier molecular flexibility index (Phi) is 4.56. The van der Waals surface area contributed by atoms with Crippen LogP contribution in [0.3, 0.4) is 0 Å². The lowest BCUT2D eigenvalue weighted by Crippen LogP contribution is -2.13. The van der Waals surface area contributed by atoms with Crippen LogP contribution in [-0.4, -0.2) is 0 Å². The van der Waals surface area contributed by atoms with Crippen LogP contribution in [0.2, 0.25) is 0 Å². The zero-order valence-corrected chi connectivity index (χ0v) is 7.61. The van der Waals surface area contributed by atoms with Crippen molar-refractivity contribution in [3.8, 4) is 0 Å². The van der Waals surface area contributed by atoms with Crippen molar-refractivity contribution < 1.29 is 0 Å². The Bertz CT molecular complexity index is 121. The summed E-state index contributed by atoms with van der Waals surface area (Å²) in [5, 5.41) is 7.02. The van der Waals surface area contributed by atoms with E-state index in [2.05, 4.69) is 20.8 Å². The Morgan fingerprint density at radius 2 is 1.90 bits per heavy atom. The fourth-order valence-corrected chi connectivity index (χ4v) is 0.943. The maximum atomic E-state index is 5.69. The molecular weight excluding hydrogens is 144 g/mol. The third-order valence-electron chi connectivity index (χ3n) is 1.73. The molecule has 1 atom stereocenters. The molecule has 0 saturated heterocycles. The minimum absolute atomic E-state index is 0.427. The van der Waals surface area contributed by atoms with Gasteiger partial charge in [-0.05, 0) is 11.8 Å². The average Bonchev–Trinajstić information content (AvgIpc) is 1.87. The third kappa shape index (κ3) is 3.13. The topological polar surface area (TPSA) is 52.0 Å². The predicted octanol–water partition coefficient (Wildman–Crippen LogP) is 1.69. The van der Waals surface area contributed by atoms with E-state index in [1.54, 1.807) is 5.41 Å². The second-order valence-corrected chi connectivity index (χ2v) is 3.29. The largest absolute Gasteiger partial charge is 0.401 e. The average molecular weight is 160 g/mol. The van der Waals surface area contributed by atoms with Gasteiger partial charge in [-0.15, -0.1) is 0 Å². The quantitative estimate of drug-likeness (QED) is 0.618. The number of hydrogen-bond acceptors (Lipinski definition) is 3. The molecule has 0 aliphatic carbocycles. The summed E-state index contributed by atoms with van der Waals surface area (Å²) in [6.07, 6.45) is 0. The molecule has 0 aromatic heterocycles. The van der Waals surface area contributed by atoms with Crippen molar-refractivity contribution in [3.63, 3.8) is 0 Å². The van der Waals surface area contributed by atoms with Crippen LogP contribution in [0, 0.1) is 11.8 Å². The fraction of sp³-hybridized carbons (Fsp3) is 0.714. The van der Waals surface area contributed by atoms with Crippen molar-refractivity contribution >= 4 is 11.9 Å². The lowest BCUT2D eigenvalue weighted by Gasteiger charge is -2.14. The summed E-state index contributed by atoms with van der Waals surface area (Å²) in [4.78, 5) is 0. The zero-order chi connectivity index (χ0) is 8.15. The minimum Gasteiger partial charge on any atom is -0.401 e. The van der Waals surface area contributed by atoms with E-state index in [1.165, 1.54) is 11.9 Å². The van der Waals surface area contributed by atoms with Gasteiger partial charge in [-0.2, -0.15) is 0 Å². The molecular formula is C7H16N2S. The molecule has 0 aromatic rings. The zero-order valence-electron chi connectivity index (χ0n) is 6.79. The number of rotatable bonds is 3. The van der Waals surface area contributed by atoms with Gasteiger partial charge in [-0.3, -0.25) is 5.14 Å². The molecule has 0 aliphatic heterocycles. The van der Waals surface area contributed by atoms with Gasteiger partial charge >= 0.3 is 0 Å². The van der Waals surface area contributed by atoms with Crippen LogP contribution in [0.25, 0.3) is 0 Å². The van der Waals surface area contributed by atoms with Crippen molar-refractivity contribution in [3.05, 3.63) is 11.1 Å². The summed E-state index contributed by atoms with van der Waals surface area (Å²) in [5.41, 5.74) is 6.57. The molecule has 0 bridgehead atoms. The molecule has 3 heteroatoms. The Balaban J connectivity index is 3.93. The van der Waals surface area contributed by atoms with Crippen LogP contribution < -0.4 is 10.9 Å². The summed E-state index contributed by atoms with van der Waals surface area (Å²) in [6, 6.07) is 0. The van der Waals surface area contributed by atoms with E-state index in [0.717, 1.165) is 5.70 Å². The highest BCUT2D eigenvalue weighted by molar-refractivity contribution is 7.99. The van der Waals surface area contributed by atoms with Crippen LogP contribution in [-0.2, 0) is 0 Å². The maximum Gasteiger partial charge on any atom is 0.0189 e. The Hall–Kier alpha value is -0.150. The first-order valence-corrected chi connectivity index (χ1v) is 4.35. The first-order chi connectivity index (χ1) is 4.59. The molecule has 0 saturated carbocycles. The van der Waals surface area contributed by atoms with Gasteiger partial charge in [0.1, 0.15) is 0 Å². The Morgan fingerprint density at radius 3 is 2.20 bits per heavy atom. The van der Waals surface area contributed by atoms with Crippen molar-refractivity contribution in [1.82, 2.24) is 0 Å². The molecule has 0 radical (unpaired) electrons. The lowest BCUT2D eigenvalue weighted by molar-refractivity contribution is 0.477. The second-order valence-electron chi connectivity index (χ2n) is 2.79. The summed E-state index contributed by atoms with van der Waals surface area (Å²) < 4.78 is 0. The standard InChI is InChI=1S/C7H16N2S/c1-5(2)6(3)7(8)4-10-9/h4-6H,8-9H2,1-3H3/b7-4-. The molecule has 2 nitrogen and oxygen atoms in total. The van der Waals surface area contributed by atoms with Gasteiger partial charge in [0.25, 0.3) is 0 Å². The van der Waals surface area contributed by atoms with Gasteiger partial charge in [-0.25, -0.2) is 0 Å². The molecule has 0 aromatic carbocycles. The molecule has 10 heavy (non-hydrogen) atoms. The molecule has 0 amide bonds. The van der Waals surface area contributed by atoms with E-state index >= 15 is 0 Å². The normalized spacial score (nSPS) is 15.9. The van der Waals surface area contributed by atoms with Gasteiger partial charge in [0.2, 0.25) is 0 Å². The SMILES string of the molecule is CC(C)C(C)/C(N)=C/SN. The number of hydrogen-bond donors (Lipinski definition) is 2. The van der Waals surface area contributed by atoms with Gasteiger partial charge in [0.15, 0.2) is 0 Å². The smallest absolute Gasteiger partial charge is 0.0189 e. The molecule has 0 heterocycles. The first kappa shape index (κ1) is 9.85. The summed E-state index contributed by atoms with van der Waals surface area (Å²) in [6.45, 7) is 6.39. The molecule has 0 rings (SSSR count). The van der Waals surface area contributed by atoms with Crippen molar-refractivity contribution in [2.75, 3.05) is 0 Å². The van der Waals surface area contributed by atoms with E-state index in [4.69, 9.17) is 10.9 Å². The summed E-state index contributed by atoms with van der Waals surface area (Å²) in [5.74, 6) is 1.01. The van der Waals surface area contributed by atoms with Crippen molar-refractivity contribution in [1.29, 1.82) is 0 Å². The monoisotopic (exact) mass is 160 g/mol. The van der Waals surface area contributed by atoms with Gasteiger partial charge in [0, 0.05) is 11.1 Å². The minimum atomic E-state index is 0.427. The Labute approximate surface area is 67.2 Å². The van der Waals surface area contributed by atoms with Crippen LogP contribution in [0.15, 0.2) is 11.1 Å². The highest BCUT2D eigenvalue weighted by Crippen LogP contribution is 2.16. The van der Waals surface area contributed by atoms with E-state index < -0.39 is 0 Å². The van der Waals surface area contributed by atoms with E-state index in [0.29, 0.717) is 11.8 Å². The first-order valence-electron chi connectivity index (χ1n) is 3.40. The number of nitrogens with two attached hydrogens (primary N) is 2. The molecule has 4 N–H and O–H groups in total. The predicted molar refractivity (Wildman–Crippen MR) is 48.1 cm³/mol. The summed E-state index contributed by atoms with van der Waals surface area (Å²) in [7, 11) is 0. The van der Waals surface area contributed by atoms with Crippen LogP contribution in [0.4, 0.5) is 0 Å². The number of allylic oxidation sites excluding steroid dienone is 1. The van der Waals surface area contributed by atoms with Crippen LogP contribution in [0.1, 0.15) is 20.8 Å². The molecule has 0 fully saturated rings. The van der Waals surface area contributed by atoms with Crippen LogP contribution >= 0.6 is 11.9 Å². The van der Waals surface area contributed by atoms with E-state index in [-0.39, 0.29) is 0 Å². The molecule has 60 valence electrons. The molecule has 0 aliphatic rings. The lowest BCUT2D eigenvalue weighted by atomic mass is 9.96. The summed E-state index contributed by atoms with van der Waals surface area (Å²) >= 11 is 1.17. The van der Waals surface area contributed by atoms with Gasteiger partial charge < -0.3 is 5.73 Å². The second kappa shape index (κ2) is 4.63. The van der Waals surface area contributed by atoms with Crippen LogP contribution in [0.5, 0.6) is 0 Å². The molecule has 1 unspecified atom stereocenters. The van der Waals surface area contributed by atoms with E-state index in [9.17, 15) is 0 Å². The highest BCUT2D eigenvalue weighted by Gasteiger charge is 2.08. The van der Waals surface area contributed by atoms with Gasteiger partial charge in [-0.1, -0.05) is 32.7 Å². The Morgan fingerprint density at radius 1 is 1.40 bits per heavy atom. The highest BCUT2D eigenvalue weighted by atomic mass is 32.2. The fourth-order valence-electron chi connectivity index (χ4n) is 0.571. The van der Waals surface area contributed by atoms with Crippen molar-refractivity contribution in [2.24, 2.45) is 22.7 Å². The molecule has 0 spiro atoms. The third-order valence-corrected chi connectivity index (χ3v) is 2.14.